The standard InChI is InChI=1S/C29H30N8/c1-5-10-20(23-11-8-9-14-31-23)21-15-26(32-18(21)4)29-28-25(35-36-29)13-12-24(34-28)22(6-2)33-27(7-3)37-16-19(30)17-37/h5-15,19,32H,1,3,16-17,30H2,2,4H3,(H,35,36)/b20-10+,22-6-,33-27?. The molecule has 4 N–H and O–H groups in total. The van der Waals surface area contributed by atoms with Crippen LogP contribution in [-0.4, -0.2) is 55.0 Å². The molecule has 4 aromatic rings. The fourth-order valence-corrected chi connectivity index (χ4v) is 4.49. The Hall–Kier alpha value is -4.56. The zero-order valence-corrected chi connectivity index (χ0v) is 21.1. The van der Waals surface area contributed by atoms with E-state index >= 15 is 0 Å². The predicted octanol–water partition coefficient (Wildman–Crippen LogP) is 4.86. The van der Waals surface area contributed by atoms with Crippen molar-refractivity contribution >= 4 is 28.1 Å². The molecule has 0 aliphatic carbocycles. The largest absolute Gasteiger partial charge is 0.357 e. The van der Waals surface area contributed by atoms with Crippen LogP contribution < -0.4 is 5.73 Å². The van der Waals surface area contributed by atoms with Crippen molar-refractivity contribution in [3.05, 3.63) is 103 Å². The molecule has 1 saturated heterocycles. The first-order valence-corrected chi connectivity index (χ1v) is 12.2. The number of nitrogens with one attached hydrogen (secondary N) is 2. The second kappa shape index (κ2) is 10.2. The maximum atomic E-state index is 5.96. The molecule has 0 amide bonds. The highest BCUT2D eigenvalue weighted by Gasteiger charge is 2.25. The van der Waals surface area contributed by atoms with E-state index in [1.807, 2.05) is 56.3 Å². The van der Waals surface area contributed by atoms with Crippen molar-refractivity contribution in [1.29, 1.82) is 0 Å². The lowest BCUT2D eigenvalue weighted by molar-refractivity contribution is 0.256. The molecule has 1 aliphatic rings. The Bertz CT molecular complexity index is 1550. The molecular weight excluding hydrogens is 460 g/mol. The number of nitrogens with zero attached hydrogens (tertiary/aromatic N) is 5. The Morgan fingerprint density at radius 3 is 2.70 bits per heavy atom. The normalized spacial score (nSPS) is 15.2. The fourth-order valence-electron chi connectivity index (χ4n) is 4.49. The minimum absolute atomic E-state index is 0.177. The van der Waals surface area contributed by atoms with Crippen molar-refractivity contribution in [2.24, 2.45) is 10.7 Å². The third kappa shape index (κ3) is 4.66. The van der Waals surface area contributed by atoms with Crippen LogP contribution in [0.5, 0.6) is 0 Å². The Morgan fingerprint density at radius 2 is 2.03 bits per heavy atom. The lowest BCUT2D eigenvalue weighted by Gasteiger charge is -2.38. The van der Waals surface area contributed by atoms with Gasteiger partial charge >= 0.3 is 0 Å². The summed E-state index contributed by atoms with van der Waals surface area (Å²) >= 11 is 0. The SMILES string of the molecule is C=C/C=C(/c1ccccn1)c1cc(-c2n[nH]c3ccc(/C(=C/C)N=C(C=C)N4CC(N)C4)nc23)[nH]c1C. The molecule has 8 nitrogen and oxygen atoms in total. The highest BCUT2D eigenvalue weighted by Crippen LogP contribution is 2.32. The highest BCUT2D eigenvalue weighted by molar-refractivity contribution is 5.97. The molecule has 0 saturated carbocycles. The van der Waals surface area contributed by atoms with Crippen LogP contribution in [0.1, 0.15) is 29.6 Å². The van der Waals surface area contributed by atoms with Gasteiger partial charge in [-0.25, -0.2) is 9.98 Å². The van der Waals surface area contributed by atoms with Crippen molar-refractivity contribution in [1.82, 2.24) is 30.0 Å². The van der Waals surface area contributed by atoms with Gasteiger partial charge in [0.15, 0.2) is 0 Å². The number of likely N-dealkylation sites (tertiary alicyclic amines) is 1. The maximum Gasteiger partial charge on any atom is 0.135 e. The van der Waals surface area contributed by atoms with E-state index in [-0.39, 0.29) is 6.04 Å². The van der Waals surface area contributed by atoms with E-state index in [0.29, 0.717) is 0 Å². The molecule has 0 unspecified atom stereocenters. The quantitative estimate of drug-likeness (QED) is 0.195. The van der Waals surface area contributed by atoms with Crippen LogP contribution in [0.15, 0.2) is 85.0 Å². The number of fused-ring (bicyclic) bond motifs is 1. The van der Waals surface area contributed by atoms with Gasteiger partial charge in [0.1, 0.15) is 17.0 Å². The molecule has 5 rings (SSSR count). The molecule has 1 fully saturated rings. The molecule has 0 spiro atoms. The van der Waals surface area contributed by atoms with Crippen LogP contribution in [0, 0.1) is 6.92 Å². The molecule has 37 heavy (non-hydrogen) atoms. The van der Waals surface area contributed by atoms with E-state index in [0.717, 1.165) is 75.3 Å². The van der Waals surface area contributed by atoms with Crippen LogP contribution in [0.2, 0.25) is 0 Å². The first-order valence-electron chi connectivity index (χ1n) is 12.2. The molecule has 4 aromatic heterocycles. The van der Waals surface area contributed by atoms with E-state index in [9.17, 15) is 0 Å². The van der Waals surface area contributed by atoms with Gasteiger partial charge in [-0.3, -0.25) is 10.1 Å². The van der Waals surface area contributed by atoms with E-state index in [4.69, 9.17) is 15.7 Å². The zero-order valence-electron chi connectivity index (χ0n) is 21.1. The number of hydrogen-bond donors (Lipinski definition) is 3. The zero-order chi connectivity index (χ0) is 25.9. The summed E-state index contributed by atoms with van der Waals surface area (Å²) in [6.07, 6.45) is 9.25. The van der Waals surface area contributed by atoms with Gasteiger partial charge in [0.2, 0.25) is 0 Å². The number of H-pyrrole nitrogens is 2. The molecular formula is C29H30N8. The smallest absolute Gasteiger partial charge is 0.135 e. The highest BCUT2D eigenvalue weighted by atomic mass is 15.3. The van der Waals surface area contributed by atoms with Crippen molar-refractivity contribution < 1.29 is 0 Å². The topological polar surface area (TPSA) is 112 Å². The summed E-state index contributed by atoms with van der Waals surface area (Å²) in [7, 11) is 0. The summed E-state index contributed by atoms with van der Waals surface area (Å²) in [5.41, 5.74) is 14.6. The molecule has 8 heteroatoms. The van der Waals surface area contributed by atoms with Crippen LogP contribution in [-0.2, 0) is 0 Å². The van der Waals surface area contributed by atoms with E-state index in [1.54, 1.807) is 18.3 Å². The first kappa shape index (κ1) is 24.1. The minimum Gasteiger partial charge on any atom is -0.357 e. The second-order valence-electron chi connectivity index (χ2n) is 8.93. The summed E-state index contributed by atoms with van der Waals surface area (Å²) in [5, 5.41) is 7.70. The van der Waals surface area contributed by atoms with Gasteiger partial charge in [-0.15, -0.1) is 0 Å². The molecule has 0 radical (unpaired) electrons. The molecule has 5 heterocycles. The summed E-state index contributed by atoms with van der Waals surface area (Å²) in [6.45, 7) is 13.4. The maximum absolute atomic E-state index is 5.96. The number of rotatable bonds is 7. The molecule has 0 bridgehead atoms. The molecule has 186 valence electrons. The Kier molecular flexibility index (Phi) is 6.66. The van der Waals surface area contributed by atoms with E-state index < -0.39 is 0 Å². The molecule has 0 aromatic carbocycles. The third-order valence-corrected chi connectivity index (χ3v) is 6.38. The Labute approximate surface area is 216 Å². The van der Waals surface area contributed by atoms with Gasteiger partial charge in [0.25, 0.3) is 0 Å². The van der Waals surface area contributed by atoms with Crippen molar-refractivity contribution in [3.8, 4) is 11.4 Å². The number of aryl methyl sites for hydroxylation is 1. The van der Waals surface area contributed by atoms with Crippen LogP contribution in [0.3, 0.4) is 0 Å². The molecule has 0 atom stereocenters. The number of aromatic nitrogens is 5. The van der Waals surface area contributed by atoms with E-state index in [1.165, 1.54) is 0 Å². The van der Waals surface area contributed by atoms with Crippen molar-refractivity contribution in [2.45, 2.75) is 19.9 Å². The van der Waals surface area contributed by atoms with Gasteiger partial charge < -0.3 is 15.6 Å². The average Bonchev–Trinajstić information content (AvgIpc) is 3.49. The predicted molar refractivity (Wildman–Crippen MR) is 151 cm³/mol. The number of aliphatic imine (C=N–C) groups is 1. The van der Waals surface area contributed by atoms with Crippen LogP contribution in [0.4, 0.5) is 0 Å². The summed E-state index contributed by atoms with van der Waals surface area (Å²) in [5.74, 6) is 0.796. The number of amidine groups is 1. The first-order chi connectivity index (χ1) is 18.0. The summed E-state index contributed by atoms with van der Waals surface area (Å²) < 4.78 is 0. The van der Waals surface area contributed by atoms with Gasteiger partial charge in [-0.2, -0.15) is 5.10 Å². The minimum atomic E-state index is 0.177. The lowest BCUT2D eigenvalue weighted by atomic mass is 10.0. The monoisotopic (exact) mass is 490 g/mol. The van der Waals surface area contributed by atoms with Gasteiger partial charge in [0, 0.05) is 42.2 Å². The van der Waals surface area contributed by atoms with Crippen molar-refractivity contribution in [3.63, 3.8) is 0 Å². The van der Waals surface area contributed by atoms with Crippen LogP contribution >= 0.6 is 0 Å². The Morgan fingerprint density at radius 1 is 1.19 bits per heavy atom. The summed E-state index contributed by atoms with van der Waals surface area (Å²) in [6, 6.07) is 12.1. The van der Waals surface area contributed by atoms with Crippen LogP contribution in [0.25, 0.3) is 33.7 Å². The third-order valence-electron chi connectivity index (χ3n) is 6.38. The number of pyridine rings is 2. The summed E-state index contributed by atoms with van der Waals surface area (Å²) in [4.78, 5) is 19.9. The fraction of sp³-hybridized carbons (Fsp3) is 0.172. The van der Waals surface area contributed by atoms with Gasteiger partial charge in [0.05, 0.1) is 28.3 Å². The number of allylic oxidation sites excluding steroid dienone is 3. The van der Waals surface area contributed by atoms with Gasteiger partial charge in [-0.05, 0) is 50.3 Å². The van der Waals surface area contributed by atoms with E-state index in [2.05, 4.69) is 44.3 Å². The Balaban J connectivity index is 1.54. The van der Waals surface area contributed by atoms with Crippen molar-refractivity contribution in [2.75, 3.05) is 13.1 Å². The number of hydrogen-bond acceptors (Lipinski definition) is 5. The molecule has 1 aliphatic heterocycles. The van der Waals surface area contributed by atoms with Gasteiger partial charge in [-0.1, -0.05) is 37.5 Å². The number of nitrogens with two attached hydrogens (primary N) is 1. The number of aromatic amines is 2. The average molecular weight is 491 g/mol. The second-order valence-corrected chi connectivity index (χ2v) is 8.93. The lowest BCUT2D eigenvalue weighted by Crippen LogP contribution is -2.57.